The van der Waals surface area contributed by atoms with Gasteiger partial charge in [-0.2, -0.15) is 0 Å². The van der Waals surface area contributed by atoms with Crippen molar-refractivity contribution in [2.24, 2.45) is 5.73 Å². The number of primary amides is 1. The van der Waals surface area contributed by atoms with E-state index < -0.39 is 18.3 Å². The average molecular weight is 324 g/mol. The number of halogens is 3. The third kappa shape index (κ3) is 5.00. The van der Waals surface area contributed by atoms with Crippen molar-refractivity contribution in [3.63, 3.8) is 0 Å². The Kier molecular flexibility index (Phi) is 5.23. The molecule has 0 spiro atoms. The number of amides is 1. The molecule has 2 rings (SSSR count). The van der Waals surface area contributed by atoms with E-state index in [-0.39, 0.29) is 17.9 Å². The molecule has 4 nitrogen and oxygen atoms in total. The normalized spacial score (nSPS) is 12.7. The highest BCUT2D eigenvalue weighted by Gasteiger charge is 2.32. The number of nitrogens with one attached hydrogen (secondary N) is 1. The van der Waals surface area contributed by atoms with Crippen LogP contribution >= 0.6 is 0 Å². The molecule has 2 aromatic rings. The molecule has 0 saturated carbocycles. The lowest BCUT2D eigenvalue weighted by atomic mass is 10.1. The Balaban J connectivity index is 2.14. The van der Waals surface area contributed by atoms with E-state index in [2.05, 4.69) is 10.1 Å². The molecule has 1 amide bonds. The van der Waals surface area contributed by atoms with Crippen LogP contribution in [0.3, 0.4) is 0 Å². The second-order valence-electron chi connectivity index (χ2n) is 4.78. The lowest BCUT2D eigenvalue weighted by Crippen LogP contribution is -2.33. The molecule has 0 saturated heterocycles. The zero-order valence-electron chi connectivity index (χ0n) is 12.0. The summed E-state index contributed by atoms with van der Waals surface area (Å²) in [5.74, 6) is -0.936. The van der Waals surface area contributed by atoms with Gasteiger partial charge in [0.1, 0.15) is 11.8 Å². The summed E-state index contributed by atoms with van der Waals surface area (Å²) in [5.41, 5.74) is 6.26. The molecule has 0 heterocycles. The van der Waals surface area contributed by atoms with E-state index in [9.17, 15) is 18.0 Å². The number of ether oxygens (including phenoxy) is 1. The van der Waals surface area contributed by atoms with Crippen LogP contribution in [0.25, 0.3) is 0 Å². The van der Waals surface area contributed by atoms with Crippen molar-refractivity contribution in [3.05, 3.63) is 65.7 Å². The number of carbonyl (C=O) groups excluding carboxylic acids is 1. The van der Waals surface area contributed by atoms with E-state index in [1.54, 1.807) is 36.4 Å². The van der Waals surface area contributed by atoms with Crippen LogP contribution in [0.15, 0.2) is 54.6 Å². The largest absolute Gasteiger partial charge is 0.573 e. The first-order valence-corrected chi connectivity index (χ1v) is 6.78. The van der Waals surface area contributed by atoms with Crippen LogP contribution in [0.5, 0.6) is 5.75 Å². The molecular weight excluding hydrogens is 309 g/mol. The summed E-state index contributed by atoms with van der Waals surface area (Å²) in [4.78, 5) is 11.6. The van der Waals surface area contributed by atoms with E-state index >= 15 is 0 Å². The number of nitrogens with two attached hydrogens (primary N) is 1. The molecule has 0 fully saturated rings. The van der Waals surface area contributed by atoms with Gasteiger partial charge in [-0.05, 0) is 11.6 Å². The van der Waals surface area contributed by atoms with Crippen LogP contribution in [-0.4, -0.2) is 12.3 Å². The summed E-state index contributed by atoms with van der Waals surface area (Å²) >= 11 is 0. The van der Waals surface area contributed by atoms with E-state index in [0.29, 0.717) is 5.56 Å². The molecule has 0 aromatic heterocycles. The average Bonchev–Trinajstić information content (AvgIpc) is 2.48. The zero-order valence-corrected chi connectivity index (χ0v) is 12.0. The third-order valence-electron chi connectivity index (χ3n) is 3.11. The van der Waals surface area contributed by atoms with Crippen LogP contribution in [0.2, 0.25) is 0 Å². The van der Waals surface area contributed by atoms with Crippen molar-refractivity contribution in [2.45, 2.75) is 18.9 Å². The molecule has 0 aliphatic heterocycles. The Morgan fingerprint density at radius 2 is 1.70 bits per heavy atom. The van der Waals surface area contributed by atoms with Gasteiger partial charge in [0.2, 0.25) is 5.91 Å². The summed E-state index contributed by atoms with van der Waals surface area (Å²) in [6.07, 6.45) is -4.78. The van der Waals surface area contributed by atoms with Crippen molar-refractivity contribution in [2.75, 3.05) is 0 Å². The highest BCUT2D eigenvalue weighted by Crippen LogP contribution is 2.26. The number of alkyl halides is 3. The van der Waals surface area contributed by atoms with Gasteiger partial charge < -0.3 is 10.5 Å². The fraction of sp³-hybridized carbons (Fsp3) is 0.188. The highest BCUT2D eigenvalue weighted by atomic mass is 19.4. The Labute approximate surface area is 131 Å². The summed E-state index contributed by atoms with van der Waals surface area (Å²) in [6, 6.07) is 13.6. The van der Waals surface area contributed by atoms with E-state index in [1.165, 1.54) is 18.2 Å². The number of rotatable bonds is 6. The van der Waals surface area contributed by atoms with Crippen molar-refractivity contribution in [1.29, 1.82) is 0 Å². The van der Waals surface area contributed by atoms with Gasteiger partial charge >= 0.3 is 6.36 Å². The van der Waals surface area contributed by atoms with Gasteiger partial charge in [-0.25, -0.2) is 0 Å². The predicted molar refractivity (Wildman–Crippen MR) is 78.3 cm³/mol. The SMILES string of the molecule is NC(=O)[C@@H](NCc1ccccc1OC(F)(F)F)c1ccccc1. The lowest BCUT2D eigenvalue weighted by Gasteiger charge is -2.18. The first kappa shape index (κ1) is 16.8. The molecule has 7 heteroatoms. The smallest absolute Gasteiger partial charge is 0.405 e. The van der Waals surface area contributed by atoms with Crippen molar-refractivity contribution in [1.82, 2.24) is 5.32 Å². The number of hydrogen-bond acceptors (Lipinski definition) is 3. The van der Waals surface area contributed by atoms with Crippen molar-refractivity contribution in [3.8, 4) is 5.75 Å². The van der Waals surface area contributed by atoms with Crippen LogP contribution < -0.4 is 15.8 Å². The molecule has 1 atom stereocenters. The first-order valence-electron chi connectivity index (χ1n) is 6.78. The Morgan fingerprint density at radius 3 is 2.30 bits per heavy atom. The summed E-state index contributed by atoms with van der Waals surface area (Å²) < 4.78 is 41.2. The van der Waals surface area contributed by atoms with Gasteiger partial charge in [-0.1, -0.05) is 48.5 Å². The molecule has 2 aromatic carbocycles. The minimum absolute atomic E-state index is 0.00520. The van der Waals surface area contributed by atoms with Gasteiger partial charge in [0.25, 0.3) is 0 Å². The summed E-state index contributed by atoms with van der Waals surface area (Å²) in [6.45, 7) is -0.00520. The molecule has 0 aliphatic carbocycles. The van der Waals surface area contributed by atoms with E-state index in [0.717, 1.165) is 0 Å². The predicted octanol–water partition coefficient (Wildman–Crippen LogP) is 2.90. The van der Waals surface area contributed by atoms with E-state index in [4.69, 9.17) is 5.73 Å². The van der Waals surface area contributed by atoms with Gasteiger partial charge in [-0.3, -0.25) is 10.1 Å². The number of hydrogen-bond donors (Lipinski definition) is 2. The number of benzene rings is 2. The quantitative estimate of drug-likeness (QED) is 0.859. The molecule has 3 N–H and O–H groups in total. The molecule has 0 aliphatic rings. The Hall–Kier alpha value is -2.54. The van der Waals surface area contributed by atoms with Crippen molar-refractivity contribution >= 4 is 5.91 Å². The molecule has 0 unspecified atom stereocenters. The molecule has 122 valence electrons. The van der Waals surface area contributed by atoms with Crippen LogP contribution in [0.4, 0.5) is 13.2 Å². The fourth-order valence-corrected chi connectivity index (χ4v) is 2.11. The Bertz CT molecular complexity index is 660. The van der Waals surface area contributed by atoms with Gasteiger partial charge in [0, 0.05) is 12.1 Å². The van der Waals surface area contributed by atoms with Gasteiger partial charge in [0.15, 0.2) is 0 Å². The molecule has 23 heavy (non-hydrogen) atoms. The van der Waals surface area contributed by atoms with Crippen LogP contribution in [0, 0.1) is 0 Å². The zero-order chi connectivity index (χ0) is 16.9. The van der Waals surface area contributed by atoms with E-state index in [1.807, 2.05) is 0 Å². The molecular formula is C16H15F3N2O2. The Morgan fingerprint density at radius 1 is 1.09 bits per heavy atom. The lowest BCUT2D eigenvalue weighted by molar-refractivity contribution is -0.274. The molecule has 0 bridgehead atoms. The maximum Gasteiger partial charge on any atom is 0.573 e. The fourth-order valence-electron chi connectivity index (χ4n) is 2.11. The number of para-hydroxylation sites is 1. The second kappa shape index (κ2) is 7.15. The summed E-state index contributed by atoms with van der Waals surface area (Å²) in [5, 5.41) is 2.86. The third-order valence-corrected chi connectivity index (χ3v) is 3.11. The van der Waals surface area contributed by atoms with Crippen LogP contribution in [0.1, 0.15) is 17.2 Å². The van der Waals surface area contributed by atoms with Gasteiger partial charge in [0.05, 0.1) is 0 Å². The minimum atomic E-state index is -4.78. The topological polar surface area (TPSA) is 64.4 Å². The first-order chi connectivity index (χ1) is 10.9. The van der Waals surface area contributed by atoms with Gasteiger partial charge in [-0.15, -0.1) is 13.2 Å². The maximum atomic E-state index is 12.4. The monoisotopic (exact) mass is 324 g/mol. The summed E-state index contributed by atoms with van der Waals surface area (Å²) in [7, 11) is 0. The minimum Gasteiger partial charge on any atom is -0.405 e. The number of carbonyl (C=O) groups is 1. The standard InChI is InChI=1S/C16H15F3N2O2/c17-16(18,19)23-13-9-5-4-8-12(13)10-21-14(15(20)22)11-6-2-1-3-7-11/h1-9,14,21H,10H2,(H2,20,22)/t14-/m0/s1. The van der Waals surface area contributed by atoms with Crippen LogP contribution in [-0.2, 0) is 11.3 Å². The highest BCUT2D eigenvalue weighted by molar-refractivity contribution is 5.81. The maximum absolute atomic E-state index is 12.4. The molecule has 0 radical (unpaired) electrons. The van der Waals surface area contributed by atoms with Crippen molar-refractivity contribution < 1.29 is 22.7 Å². The second-order valence-corrected chi connectivity index (χ2v) is 4.78.